The Morgan fingerprint density at radius 1 is 1.27 bits per heavy atom. The van der Waals surface area contributed by atoms with Gasteiger partial charge in [-0.2, -0.15) is 8.78 Å². The van der Waals surface area contributed by atoms with Crippen LogP contribution in [0.1, 0.15) is 25.8 Å². The SMILES string of the molecule is CCNC(=NCc1cc(OC)ccc1OC(F)F)NCCCN(CC)S(C)(=O)=O.I. The van der Waals surface area contributed by atoms with Gasteiger partial charge < -0.3 is 20.1 Å². The van der Waals surface area contributed by atoms with Crippen molar-refractivity contribution in [1.29, 1.82) is 0 Å². The van der Waals surface area contributed by atoms with Crippen LogP contribution in [0, 0.1) is 0 Å². The number of methoxy groups -OCH3 is 1. The van der Waals surface area contributed by atoms with Crippen LogP contribution in [0.2, 0.25) is 0 Å². The highest BCUT2D eigenvalue weighted by Crippen LogP contribution is 2.26. The summed E-state index contributed by atoms with van der Waals surface area (Å²) >= 11 is 0. The second-order valence-corrected chi connectivity index (χ2v) is 8.06. The van der Waals surface area contributed by atoms with Crippen LogP contribution >= 0.6 is 24.0 Å². The molecule has 0 aliphatic carbocycles. The van der Waals surface area contributed by atoms with Crippen LogP contribution in [0.5, 0.6) is 11.5 Å². The maximum atomic E-state index is 12.6. The van der Waals surface area contributed by atoms with Crippen LogP contribution in [0.3, 0.4) is 0 Å². The summed E-state index contributed by atoms with van der Waals surface area (Å²) in [6, 6.07) is 4.55. The molecule has 2 N–H and O–H groups in total. The van der Waals surface area contributed by atoms with E-state index in [1.54, 1.807) is 13.0 Å². The van der Waals surface area contributed by atoms with E-state index in [2.05, 4.69) is 20.4 Å². The van der Waals surface area contributed by atoms with E-state index in [-0.39, 0.29) is 36.3 Å². The number of nitrogens with zero attached hydrogens (tertiary/aromatic N) is 2. The molecule has 0 atom stereocenters. The number of rotatable bonds is 12. The fourth-order valence-electron chi connectivity index (χ4n) is 2.54. The van der Waals surface area contributed by atoms with E-state index in [4.69, 9.17) is 4.74 Å². The van der Waals surface area contributed by atoms with E-state index in [9.17, 15) is 17.2 Å². The Bertz CT molecular complexity index is 767. The molecular formula is C18H31F2IN4O4S. The molecule has 0 heterocycles. The number of aliphatic imine (C=N–C) groups is 1. The van der Waals surface area contributed by atoms with Crippen molar-refractivity contribution in [2.24, 2.45) is 4.99 Å². The average Bonchev–Trinajstić information content (AvgIpc) is 2.65. The molecule has 1 aromatic rings. The monoisotopic (exact) mass is 564 g/mol. The summed E-state index contributed by atoms with van der Waals surface area (Å²) in [6.07, 6.45) is 1.77. The first-order valence-electron chi connectivity index (χ1n) is 9.30. The Morgan fingerprint density at radius 3 is 2.50 bits per heavy atom. The third-order valence-electron chi connectivity index (χ3n) is 3.93. The van der Waals surface area contributed by atoms with Gasteiger partial charge in [0.1, 0.15) is 11.5 Å². The molecule has 0 saturated carbocycles. The maximum Gasteiger partial charge on any atom is 0.387 e. The van der Waals surface area contributed by atoms with Gasteiger partial charge in [-0.15, -0.1) is 24.0 Å². The lowest BCUT2D eigenvalue weighted by Crippen LogP contribution is -2.39. The smallest absolute Gasteiger partial charge is 0.387 e. The van der Waals surface area contributed by atoms with Gasteiger partial charge in [0, 0.05) is 31.7 Å². The van der Waals surface area contributed by atoms with Crippen molar-refractivity contribution in [1.82, 2.24) is 14.9 Å². The number of guanidine groups is 1. The van der Waals surface area contributed by atoms with Gasteiger partial charge in [0.25, 0.3) is 0 Å². The van der Waals surface area contributed by atoms with Crippen molar-refractivity contribution < 1.29 is 26.7 Å². The second-order valence-electron chi connectivity index (χ2n) is 6.08. The van der Waals surface area contributed by atoms with Crippen molar-refractivity contribution >= 4 is 40.0 Å². The third-order valence-corrected chi connectivity index (χ3v) is 5.31. The first kappa shape index (κ1) is 28.6. The highest BCUT2D eigenvalue weighted by atomic mass is 127. The fourth-order valence-corrected chi connectivity index (χ4v) is 3.47. The molecule has 0 aliphatic heterocycles. The molecule has 0 spiro atoms. The molecule has 1 aromatic carbocycles. The van der Waals surface area contributed by atoms with Crippen LogP contribution in [0.25, 0.3) is 0 Å². The topological polar surface area (TPSA) is 92.3 Å². The average molecular weight is 564 g/mol. The first-order chi connectivity index (χ1) is 13.7. The molecule has 0 saturated heterocycles. The summed E-state index contributed by atoms with van der Waals surface area (Å²) in [5.41, 5.74) is 0.455. The maximum absolute atomic E-state index is 12.6. The highest BCUT2D eigenvalue weighted by molar-refractivity contribution is 14.0. The van der Waals surface area contributed by atoms with E-state index in [0.717, 1.165) is 0 Å². The molecule has 0 fully saturated rings. The summed E-state index contributed by atoms with van der Waals surface area (Å²) in [7, 11) is -1.74. The number of ether oxygens (including phenoxy) is 2. The van der Waals surface area contributed by atoms with Crippen molar-refractivity contribution in [3.63, 3.8) is 0 Å². The van der Waals surface area contributed by atoms with Crippen LogP contribution in [-0.4, -0.2) is 64.8 Å². The van der Waals surface area contributed by atoms with Gasteiger partial charge in [-0.3, -0.25) is 0 Å². The van der Waals surface area contributed by atoms with E-state index < -0.39 is 16.6 Å². The zero-order valence-corrected chi connectivity index (χ0v) is 20.8. The number of nitrogens with one attached hydrogen (secondary N) is 2. The molecule has 1 rings (SSSR count). The largest absolute Gasteiger partial charge is 0.497 e. The minimum absolute atomic E-state index is 0. The molecule has 0 bridgehead atoms. The number of hydrogen-bond donors (Lipinski definition) is 2. The normalized spacial score (nSPS) is 11.9. The van der Waals surface area contributed by atoms with Gasteiger partial charge in [-0.25, -0.2) is 17.7 Å². The summed E-state index contributed by atoms with van der Waals surface area (Å²) in [5, 5.41) is 6.17. The van der Waals surface area contributed by atoms with Crippen LogP contribution in [0.4, 0.5) is 8.78 Å². The fraction of sp³-hybridized carbons (Fsp3) is 0.611. The van der Waals surface area contributed by atoms with Gasteiger partial charge in [0.15, 0.2) is 5.96 Å². The van der Waals surface area contributed by atoms with Crippen molar-refractivity contribution in [2.45, 2.75) is 33.4 Å². The number of benzene rings is 1. The zero-order valence-electron chi connectivity index (χ0n) is 17.7. The van der Waals surface area contributed by atoms with Gasteiger partial charge in [0.05, 0.1) is 19.9 Å². The zero-order chi connectivity index (χ0) is 21.9. The molecule has 30 heavy (non-hydrogen) atoms. The number of sulfonamides is 1. The van der Waals surface area contributed by atoms with Gasteiger partial charge in [-0.1, -0.05) is 6.92 Å². The lowest BCUT2D eigenvalue weighted by molar-refractivity contribution is -0.0504. The lowest BCUT2D eigenvalue weighted by Gasteiger charge is -2.18. The summed E-state index contributed by atoms with van der Waals surface area (Å²) < 4.78 is 59.5. The molecule has 0 radical (unpaired) electrons. The second kappa shape index (κ2) is 14.6. The molecule has 0 aromatic heterocycles. The Balaban J connectivity index is 0.00000841. The standard InChI is InChI=1S/C18H30F2N4O4S.HI/c1-5-21-18(22-10-7-11-24(6-2)29(4,25)26)23-13-14-12-15(27-3)8-9-16(14)28-17(19)20;/h8-9,12,17H,5-7,10-11,13H2,1-4H3,(H2,21,22,23);1H. The Hall–Kier alpha value is -1.41. The van der Waals surface area contributed by atoms with Crippen molar-refractivity contribution in [2.75, 3.05) is 39.5 Å². The molecule has 0 aliphatic rings. The Kier molecular flexibility index (Phi) is 13.9. The van der Waals surface area contributed by atoms with E-state index in [1.165, 1.54) is 29.8 Å². The predicted molar refractivity (Wildman–Crippen MR) is 125 cm³/mol. The quantitative estimate of drug-likeness (QED) is 0.176. The van der Waals surface area contributed by atoms with Gasteiger partial charge in [-0.05, 0) is 31.5 Å². The molecule has 174 valence electrons. The summed E-state index contributed by atoms with van der Waals surface area (Å²) in [6.45, 7) is 2.75. The minimum Gasteiger partial charge on any atom is -0.497 e. The Morgan fingerprint density at radius 2 is 1.97 bits per heavy atom. The van der Waals surface area contributed by atoms with Crippen molar-refractivity contribution in [3.8, 4) is 11.5 Å². The van der Waals surface area contributed by atoms with Gasteiger partial charge in [0.2, 0.25) is 10.0 Å². The lowest BCUT2D eigenvalue weighted by atomic mass is 10.2. The highest BCUT2D eigenvalue weighted by Gasteiger charge is 2.14. The van der Waals surface area contributed by atoms with Gasteiger partial charge >= 0.3 is 6.61 Å². The third kappa shape index (κ3) is 10.6. The number of halogens is 3. The van der Waals surface area contributed by atoms with E-state index in [1.807, 2.05) is 6.92 Å². The van der Waals surface area contributed by atoms with E-state index in [0.29, 0.717) is 49.9 Å². The summed E-state index contributed by atoms with van der Waals surface area (Å²) in [4.78, 5) is 4.39. The summed E-state index contributed by atoms with van der Waals surface area (Å²) in [5.74, 6) is 1.03. The van der Waals surface area contributed by atoms with Crippen molar-refractivity contribution in [3.05, 3.63) is 23.8 Å². The Labute approximate surface area is 194 Å². The molecule has 8 nitrogen and oxygen atoms in total. The molecule has 0 amide bonds. The van der Waals surface area contributed by atoms with Crippen LogP contribution < -0.4 is 20.1 Å². The first-order valence-corrected chi connectivity index (χ1v) is 11.1. The van der Waals surface area contributed by atoms with Crippen LogP contribution in [-0.2, 0) is 16.6 Å². The molecule has 0 unspecified atom stereocenters. The number of alkyl halides is 2. The predicted octanol–water partition coefficient (Wildman–Crippen LogP) is 2.64. The van der Waals surface area contributed by atoms with E-state index >= 15 is 0 Å². The van der Waals surface area contributed by atoms with Crippen LogP contribution in [0.15, 0.2) is 23.2 Å². The minimum atomic E-state index is -3.22. The molecule has 12 heteroatoms. The number of hydrogen-bond acceptors (Lipinski definition) is 5. The molecular weight excluding hydrogens is 533 g/mol.